The first-order valence-electron chi connectivity index (χ1n) is 8.17. The molecule has 0 aromatic heterocycles. The summed E-state index contributed by atoms with van der Waals surface area (Å²) >= 11 is 3.40. The summed E-state index contributed by atoms with van der Waals surface area (Å²) in [4.78, 5) is 16.4. The Morgan fingerprint density at radius 3 is 2.72 bits per heavy atom. The molecule has 0 saturated carbocycles. The molecule has 0 bridgehead atoms. The van der Waals surface area contributed by atoms with Crippen molar-refractivity contribution in [2.75, 3.05) is 6.61 Å². The Morgan fingerprint density at radius 1 is 1.20 bits per heavy atom. The van der Waals surface area contributed by atoms with Crippen LogP contribution < -0.4 is 4.74 Å². The average molecular weight is 400 g/mol. The van der Waals surface area contributed by atoms with Crippen LogP contribution in [-0.2, 0) is 9.53 Å². The van der Waals surface area contributed by atoms with Gasteiger partial charge in [0, 0.05) is 10.0 Å². The molecule has 2 aromatic rings. The summed E-state index contributed by atoms with van der Waals surface area (Å²) in [5.74, 6) is 0.693. The van der Waals surface area contributed by atoms with Crippen LogP contribution in [-0.4, -0.2) is 18.5 Å². The van der Waals surface area contributed by atoms with Crippen molar-refractivity contribution in [3.63, 3.8) is 0 Å². The van der Waals surface area contributed by atoms with Crippen LogP contribution in [0.2, 0.25) is 0 Å². The predicted molar refractivity (Wildman–Crippen MR) is 102 cm³/mol. The van der Waals surface area contributed by atoms with Gasteiger partial charge in [-0.05, 0) is 48.4 Å². The van der Waals surface area contributed by atoms with Crippen molar-refractivity contribution in [1.82, 2.24) is 0 Å². The number of carbonyl (C=O) groups is 1. The van der Waals surface area contributed by atoms with E-state index in [4.69, 9.17) is 9.47 Å². The summed E-state index contributed by atoms with van der Waals surface area (Å²) in [5, 5.41) is 0. The third-order valence-corrected chi connectivity index (χ3v) is 4.14. The summed E-state index contributed by atoms with van der Waals surface area (Å²) in [5.41, 5.74) is 1.91. The minimum absolute atomic E-state index is 0.287. The number of halogens is 1. The van der Waals surface area contributed by atoms with Crippen LogP contribution in [0.4, 0.5) is 0 Å². The molecular formula is C20H18BrNO3. The number of carbonyl (C=O) groups excluding carboxylic acids is 1. The topological polar surface area (TPSA) is 47.9 Å². The number of esters is 1. The van der Waals surface area contributed by atoms with Gasteiger partial charge in [0.05, 0.1) is 6.61 Å². The highest BCUT2D eigenvalue weighted by Crippen LogP contribution is 2.22. The molecule has 0 atom stereocenters. The van der Waals surface area contributed by atoms with Crippen molar-refractivity contribution in [2.45, 2.75) is 19.8 Å². The summed E-state index contributed by atoms with van der Waals surface area (Å²) < 4.78 is 11.8. The van der Waals surface area contributed by atoms with E-state index in [2.05, 4.69) is 27.8 Å². The largest absolute Gasteiger partial charge is 0.494 e. The smallest absolute Gasteiger partial charge is 0.363 e. The zero-order valence-corrected chi connectivity index (χ0v) is 15.5. The van der Waals surface area contributed by atoms with Gasteiger partial charge in [-0.25, -0.2) is 9.79 Å². The normalized spacial score (nSPS) is 15.2. The number of cyclic esters (lactones) is 1. The maximum Gasteiger partial charge on any atom is 0.363 e. The van der Waals surface area contributed by atoms with Crippen LogP contribution in [0.25, 0.3) is 6.08 Å². The molecule has 0 unspecified atom stereocenters. The van der Waals surface area contributed by atoms with Gasteiger partial charge in [-0.3, -0.25) is 0 Å². The van der Waals surface area contributed by atoms with E-state index < -0.39 is 5.97 Å². The highest BCUT2D eigenvalue weighted by atomic mass is 79.9. The van der Waals surface area contributed by atoms with Gasteiger partial charge in [0.25, 0.3) is 0 Å². The number of hydrogen-bond donors (Lipinski definition) is 0. The van der Waals surface area contributed by atoms with Crippen molar-refractivity contribution in [3.8, 4) is 5.75 Å². The summed E-state index contributed by atoms with van der Waals surface area (Å²) in [6.45, 7) is 2.84. The van der Waals surface area contributed by atoms with Crippen LogP contribution >= 0.6 is 15.9 Å². The second-order valence-corrected chi connectivity index (χ2v) is 6.53. The first kappa shape index (κ1) is 17.4. The highest BCUT2D eigenvalue weighted by Gasteiger charge is 2.24. The van der Waals surface area contributed by atoms with Crippen molar-refractivity contribution in [1.29, 1.82) is 0 Å². The fraction of sp³-hybridized carbons (Fsp3) is 0.200. The Labute approximate surface area is 155 Å². The van der Waals surface area contributed by atoms with E-state index in [0.29, 0.717) is 12.5 Å². The molecule has 1 aliphatic heterocycles. The van der Waals surface area contributed by atoms with Gasteiger partial charge >= 0.3 is 5.97 Å². The highest BCUT2D eigenvalue weighted by molar-refractivity contribution is 9.10. The van der Waals surface area contributed by atoms with Crippen molar-refractivity contribution in [3.05, 3.63) is 69.8 Å². The Morgan fingerprint density at radius 2 is 2.00 bits per heavy atom. The molecule has 128 valence electrons. The Balaban J connectivity index is 1.75. The summed E-state index contributed by atoms with van der Waals surface area (Å²) in [6.07, 6.45) is 3.85. The fourth-order valence-electron chi connectivity index (χ4n) is 2.31. The number of hydrogen-bond acceptors (Lipinski definition) is 4. The minimum Gasteiger partial charge on any atom is -0.494 e. The second-order valence-electron chi connectivity index (χ2n) is 5.62. The van der Waals surface area contributed by atoms with Crippen molar-refractivity contribution in [2.24, 2.45) is 4.99 Å². The van der Waals surface area contributed by atoms with Gasteiger partial charge in [-0.2, -0.15) is 0 Å². The third-order valence-electron chi connectivity index (χ3n) is 3.64. The third kappa shape index (κ3) is 4.57. The lowest BCUT2D eigenvalue weighted by atomic mass is 10.2. The number of rotatable bonds is 6. The van der Waals surface area contributed by atoms with Gasteiger partial charge in [-0.15, -0.1) is 0 Å². The minimum atomic E-state index is -0.446. The van der Waals surface area contributed by atoms with Gasteiger partial charge in [0.2, 0.25) is 5.90 Å². The van der Waals surface area contributed by atoms with E-state index in [-0.39, 0.29) is 5.70 Å². The molecule has 25 heavy (non-hydrogen) atoms. The fourth-order valence-corrected chi connectivity index (χ4v) is 2.71. The molecule has 5 heteroatoms. The Hall–Kier alpha value is -2.40. The van der Waals surface area contributed by atoms with Crippen molar-refractivity contribution < 1.29 is 14.3 Å². The van der Waals surface area contributed by atoms with Gasteiger partial charge in [0.1, 0.15) is 5.75 Å². The number of ether oxygens (including phenoxy) is 2. The molecular weight excluding hydrogens is 382 g/mol. The zero-order valence-electron chi connectivity index (χ0n) is 13.9. The van der Waals surface area contributed by atoms with Crippen molar-refractivity contribution >= 4 is 33.9 Å². The number of unbranched alkanes of at least 4 members (excludes halogenated alkanes) is 1. The molecule has 0 aliphatic carbocycles. The summed E-state index contributed by atoms with van der Waals surface area (Å²) in [7, 11) is 0. The molecule has 0 saturated heterocycles. The van der Waals surface area contributed by atoms with E-state index in [9.17, 15) is 4.79 Å². The lowest BCUT2D eigenvalue weighted by molar-refractivity contribution is -0.129. The van der Waals surface area contributed by atoms with Gasteiger partial charge in [-0.1, -0.05) is 47.5 Å². The molecule has 0 spiro atoms. The van der Waals surface area contributed by atoms with Crippen LogP contribution in [0.1, 0.15) is 30.9 Å². The van der Waals surface area contributed by atoms with E-state index in [1.807, 2.05) is 48.5 Å². The number of aliphatic imine (C=N–C) groups is 1. The van der Waals surface area contributed by atoms with Crippen LogP contribution in [0.5, 0.6) is 5.75 Å². The zero-order chi connectivity index (χ0) is 17.6. The molecule has 3 rings (SSSR count). The first-order valence-corrected chi connectivity index (χ1v) is 8.96. The van der Waals surface area contributed by atoms with E-state index in [0.717, 1.165) is 34.2 Å². The lowest BCUT2D eigenvalue weighted by Gasteiger charge is -2.05. The van der Waals surface area contributed by atoms with Crippen LogP contribution in [0.3, 0.4) is 0 Å². The SMILES string of the molecule is CCCCOc1ccc(/C=C2\N=C(c3cccc(Br)c3)OC2=O)cc1. The molecule has 0 radical (unpaired) electrons. The quantitative estimate of drug-likeness (QED) is 0.391. The van der Waals surface area contributed by atoms with E-state index in [1.54, 1.807) is 6.08 Å². The first-order chi connectivity index (χ1) is 12.2. The molecule has 0 amide bonds. The molecule has 1 heterocycles. The number of benzene rings is 2. The lowest BCUT2D eigenvalue weighted by Crippen LogP contribution is -2.05. The van der Waals surface area contributed by atoms with Crippen LogP contribution in [0, 0.1) is 0 Å². The standard InChI is InChI=1S/C20H18BrNO3/c1-2-3-11-24-17-9-7-14(8-10-17)12-18-20(23)25-19(22-18)15-5-4-6-16(21)13-15/h4-10,12-13H,2-3,11H2,1H3/b18-12-. The molecule has 1 aliphatic rings. The second kappa shape index (κ2) is 8.12. The Kier molecular flexibility index (Phi) is 5.66. The maximum atomic E-state index is 12.0. The average Bonchev–Trinajstić information content (AvgIpc) is 2.97. The molecule has 2 aromatic carbocycles. The molecule has 0 fully saturated rings. The maximum absolute atomic E-state index is 12.0. The van der Waals surface area contributed by atoms with E-state index >= 15 is 0 Å². The van der Waals surface area contributed by atoms with Crippen LogP contribution in [0.15, 0.2) is 63.7 Å². The Bertz CT molecular complexity index is 825. The van der Waals surface area contributed by atoms with E-state index in [1.165, 1.54) is 0 Å². The van der Waals surface area contributed by atoms with Gasteiger partial charge < -0.3 is 9.47 Å². The molecule has 4 nitrogen and oxygen atoms in total. The summed E-state index contributed by atoms with van der Waals surface area (Å²) in [6, 6.07) is 15.1. The number of nitrogens with zero attached hydrogens (tertiary/aromatic N) is 1. The molecule has 0 N–H and O–H groups in total. The van der Waals surface area contributed by atoms with Gasteiger partial charge in [0.15, 0.2) is 5.70 Å². The monoisotopic (exact) mass is 399 g/mol. The predicted octanol–water partition coefficient (Wildman–Crippen LogP) is 4.97.